The van der Waals surface area contributed by atoms with E-state index in [0.29, 0.717) is 6.61 Å². The van der Waals surface area contributed by atoms with Gasteiger partial charge in [0.15, 0.2) is 5.82 Å². The van der Waals surface area contributed by atoms with Crippen molar-refractivity contribution in [3.05, 3.63) is 12.2 Å². The Labute approximate surface area is 119 Å². The Balaban J connectivity index is 2.07. The quantitative estimate of drug-likeness (QED) is 0.794. The molecule has 1 fully saturated rings. The van der Waals surface area contributed by atoms with Gasteiger partial charge in [0.2, 0.25) is 5.91 Å². The smallest absolute Gasteiger partial charge is 0.229 e. The van der Waals surface area contributed by atoms with E-state index in [0.717, 1.165) is 31.8 Å². The Morgan fingerprint density at radius 3 is 2.85 bits per heavy atom. The fraction of sp³-hybridized carbons (Fsp3) is 0.769. The van der Waals surface area contributed by atoms with Crippen LogP contribution in [-0.4, -0.2) is 47.5 Å². The minimum Gasteiger partial charge on any atom is -0.384 e. The third kappa shape index (κ3) is 2.99. The van der Waals surface area contributed by atoms with Crippen LogP contribution >= 0.6 is 0 Å². The molecular weight excluding hydrogens is 258 g/mol. The van der Waals surface area contributed by atoms with Crippen LogP contribution in [0, 0.1) is 5.41 Å². The second kappa shape index (κ2) is 6.32. The van der Waals surface area contributed by atoms with Crippen molar-refractivity contribution in [1.82, 2.24) is 25.4 Å². The lowest BCUT2D eigenvalue weighted by atomic mass is 9.78. The van der Waals surface area contributed by atoms with Gasteiger partial charge in [0.1, 0.15) is 6.33 Å². The number of piperidine rings is 1. The number of hydrogen-bond donors (Lipinski definition) is 2. The maximum absolute atomic E-state index is 12.7. The second-order valence-corrected chi connectivity index (χ2v) is 5.46. The molecule has 7 heteroatoms. The normalized spacial score (nSPS) is 19.6. The lowest BCUT2D eigenvalue weighted by Gasteiger charge is -2.36. The Hall–Kier alpha value is -1.47. The molecule has 0 saturated carbocycles. The summed E-state index contributed by atoms with van der Waals surface area (Å²) >= 11 is 0. The highest BCUT2D eigenvalue weighted by molar-refractivity contribution is 5.83. The van der Waals surface area contributed by atoms with Gasteiger partial charge in [-0.05, 0) is 32.9 Å². The van der Waals surface area contributed by atoms with Crippen LogP contribution in [0.15, 0.2) is 6.33 Å². The first-order chi connectivity index (χ1) is 9.59. The largest absolute Gasteiger partial charge is 0.384 e. The fourth-order valence-corrected chi connectivity index (χ4v) is 2.72. The number of rotatable bonds is 5. The monoisotopic (exact) mass is 281 g/mol. The lowest BCUT2D eigenvalue weighted by molar-refractivity contribution is -0.137. The summed E-state index contributed by atoms with van der Waals surface area (Å²) in [6.45, 7) is 4.06. The maximum atomic E-state index is 12.7. The summed E-state index contributed by atoms with van der Waals surface area (Å²) in [5, 5.41) is 14.2. The van der Waals surface area contributed by atoms with Crippen LogP contribution in [0.2, 0.25) is 0 Å². The number of ether oxygens (including phenoxy) is 1. The van der Waals surface area contributed by atoms with Gasteiger partial charge in [0.05, 0.1) is 18.1 Å². The van der Waals surface area contributed by atoms with Gasteiger partial charge < -0.3 is 19.9 Å². The van der Waals surface area contributed by atoms with Crippen molar-refractivity contribution in [2.45, 2.75) is 25.8 Å². The number of hydrogen-bond acceptors (Lipinski definition) is 5. The van der Waals surface area contributed by atoms with Crippen molar-refractivity contribution in [2.75, 3.05) is 26.8 Å². The molecule has 1 aliphatic rings. The molecule has 1 aromatic rings. The van der Waals surface area contributed by atoms with E-state index in [4.69, 9.17) is 4.74 Å². The van der Waals surface area contributed by atoms with Crippen molar-refractivity contribution < 1.29 is 9.53 Å². The van der Waals surface area contributed by atoms with Crippen LogP contribution in [0.1, 0.15) is 31.6 Å². The molecule has 1 amide bonds. The molecule has 1 aliphatic heterocycles. The minimum absolute atomic E-state index is 0.0383. The highest BCUT2D eigenvalue weighted by Gasteiger charge is 2.40. The third-order valence-electron chi connectivity index (χ3n) is 3.94. The van der Waals surface area contributed by atoms with Crippen molar-refractivity contribution in [3.63, 3.8) is 0 Å². The van der Waals surface area contributed by atoms with Crippen LogP contribution in [0.25, 0.3) is 0 Å². The van der Waals surface area contributed by atoms with E-state index in [2.05, 4.69) is 20.8 Å². The van der Waals surface area contributed by atoms with E-state index in [1.165, 1.54) is 0 Å². The van der Waals surface area contributed by atoms with Crippen molar-refractivity contribution in [1.29, 1.82) is 0 Å². The molecule has 1 atom stereocenters. The summed E-state index contributed by atoms with van der Waals surface area (Å²) < 4.78 is 7.10. The molecule has 0 aliphatic carbocycles. The van der Waals surface area contributed by atoms with Crippen LogP contribution in [0.4, 0.5) is 0 Å². The summed E-state index contributed by atoms with van der Waals surface area (Å²) in [4.78, 5) is 12.7. The van der Waals surface area contributed by atoms with Crippen molar-refractivity contribution >= 4 is 5.91 Å². The molecule has 0 spiro atoms. The average Bonchev–Trinajstić information content (AvgIpc) is 2.86. The van der Waals surface area contributed by atoms with Gasteiger partial charge in [-0.25, -0.2) is 0 Å². The molecule has 0 radical (unpaired) electrons. The SMILES string of the molecule is COCC1(C(=O)NC(C)c2nncn2C)CCNCC1. The fourth-order valence-electron chi connectivity index (χ4n) is 2.72. The molecule has 1 saturated heterocycles. The summed E-state index contributed by atoms with van der Waals surface area (Å²) in [5.74, 6) is 0.788. The molecule has 2 N–H and O–H groups in total. The summed E-state index contributed by atoms with van der Waals surface area (Å²) in [6.07, 6.45) is 3.21. The van der Waals surface area contributed by atoms with E-state index in [9.17, 15) is 4.79 Å². The highest BCUT2D eigenvalue weighted by Crippen LogP contribution is 2.30. The molecule has 0 aromatic carbocycles. The number of nitrogens with zero attached hydrogens (tertiary/aromatic N) is 3. The molecule has 0 bridgehead atoms. The third-order valence-corrected chi connectivity index (χ3v) is 3.94. The number of nitrogens with one attached hydrogen (secondary N) is 2. The van der Waals surface area contributed by atoms with Crippen LogP contribution in [0.3, 0.4) is 0 Å². The lowest BCUT2D eigenvalue weighted by Crippen LogP contribution is -2.50. The standard InChI is InChI=1S/C13H23N5O2/c1-10(11-17-15-9-18(11)2)16-12(19)13(8-20-3)4-6-14-7-5-13/h9-10,14H,4-8H2,1-3H3,(H,16,19). The van der Waals surface area contributed by atoms with Gasteiger partial charge in [-0.1, -0.05) is 0 Å². The molecular formula is C13H23N5O2. The summed E-state index contributed by atoms with van der Waals surface area (Å²) in [5.41, 5.74) is -0.438. The molecule has 2 rings (SSSR count). The summed E-state index contributed by atoms with van der Waals surface area (Å²) in [7, 11) is 3.51. The van der Waals surface area contributed by atoms with Gasteiger partial charge in [-0.15, -0.1) is 10.2 Å². The van der Waals surface area contributed by atoms with Crippen LogP contribution in [-0.2, 0) is 16.6 Å². The van der Waals surface area contributed by atoms with Gasteiger partial charge in [0, 0.05) is 14.2 Å². The Kier molecular flexibility index (Phi) is 4.72. The van der Waals surface area contributed by atoms with Crippen molar-refractivity contribution in [2.24, 2.45) is 12.5 Å². The number of amides is 1. The number of carbonyl (C=O) groups excluding carboxylic acids is 1. The predicted molar refractivity (Wildman–Crippen MR) is 74.0 cm³/mol. The number of aromatic nitrogens is 3. The highest BCUT2D eigenvalue weighted by atomic mass is 16.5. The van der Waals surface area contributed by atoms with Gasteiger partial charge in [-0.2, -0.15) is 0 Å². The first-order valence-corrected chi connectivity index (χ1v) is 6.93. The topological polar surface area (TPSA) is 81.1 Å². The first-order valence-electron chi connectivity index (χ1n) is 6.93. The minimum atomic E-state index is -0.438. The second-order valence-electron chi connectivity index (χ2n) is 5.46. The van der Waals surface area contributed by atoms with Crippen molar-refractivity contribution in [3.8, 4) is 0 Å². The Morgan fingerprint density at radius 1 is 1.60 bits per heavy atom. The maximum Gasteiger partial charge on any atom is 0.229 e. The van der Waals surface area contributed by atoms with E-state index >= 15 is 0 Å². The van der Waals surface area contributed by atoms with Gasteiger partial charge >= 0.3 is 0 Å². The molecule has 1 unspecified atom stereocenters. The Bertz CT molecular complexity index is 448. The molecule has 20 heavy (non-hydrogen) atoms. The zero-order chi connectivity index (χ0) is 14.6. The molecule has 2 heterocycles. The molecule has 1 aromatic heterocycles. The van der Waals surface area contributed by atoms with Gasteiger partial charge in [-0.3, -0.25) is 4.79 Å². The molecule has 112 valence electrons. The van der Waals surface area contributed by atoms with E-state index < -0.39 is 5.41 Å². The zero-order valence-electron chi connectivity index (χ0n) is 12.3. The number of aryl methyl sites for hydroxylation is 1. The summed E-state index contributed by atoms with van der Waals surface area (Å²) in [6, 6.07) is -0.168. The Morgan fingerprint density at radius 2 is 2.30 bits per heavy atom. The van der Waals surface area contributed by atoms with Crippen LogP contribution < -0.4 is 10.6 Å². The van der Waals surface area contributed by atoms with Gasteiger partial charge in [0.25, 0.3) is 0 Å². The number of methoxy groups -OCH3 is 1. The van der Waals surface area contributed by atoms with Crippen LogP contribution in [0.5, 0.6) is 0 Å². The van der Waals surface area contributed by atoms with E-state index in [1.54, 1.807) is 13.4 Å². The number of carbonyl (C=O) groups is 1. The van der Waals surface area contributed by atoms with E-state index in [-0.39, 0.29) is 11.9 Å². The van der Waals surface area contributed by atoms with E-state index in [1.807, 2.05) is 18.5 Å². The average molecular weight is 281 g/mol. The zero-order valence-corrected chi connectivity index (χ0v) is 12.3. The predicted octanol–water partition coefficient (Wildman–Crippen LogP) is 0.00850. The molecule has 7 nitrogen and oxygen atoms in total. The first kappa shape index (κ1) is 14.9.